The van der Waals surface area contributed by atoms with Crippen LogP contribution in [0.25, 0.3) is 0 Å². The van der Waals surface area contributed by atoms with Crippen molar-refractivity contribution >= 4 is 11.6 Å². The van der Waals surface area contributed by atoms with E-state index < -0.39 is 0 Å². The van der Waals surface area contributed by atoms with Gasteiger partial charge in [-0.2, -0.15) is 5.10 Å². The molecule has 0 spiro atoms. The molecule has 92 valence electrons. The molecule has 0 bridgehead atoms. The van der Waals surface area contributed by atoms with Crippen LogP contribution in [0.4, 0.5) is 0 Å². The summed E-state index contributed by atoms with van der Waals surface area (Å²) in [6.07, 6.45) is 0.842. The number of hydrogen-bond donors (Lipinski definition) is 2. The Morgan fingerprint density at radius 1 is 1.50 bits per heavy atom. The van der Waals surface area contributed by atoms with E-state index in [1.54, 1.807) is 0 Å². The van der Waals surface area contributed by atoms with E-state index in [0.717, 1.165) is 29.4 Å². The Bertz CT molecular complexity index is 338. The summed E-state index contributed by atoms with van der Waals surface area (Å²) in [5, 5.41) is 17.3. The molecule has 5 heteroatoms. The maximum atomic E-state index is 8.94. The van der Waals surface area contributed by atoms with E-state index in [1.165, 1.54) is 0 Å². The second kappa shape index (κ2) is 6.23. The molecule has 0 radical (unpaired) electrons. The molecule has 0 fully saturated rings. The second-order valence-electron chi connectivity index (χ2n) is 3.84. The molecule has 0 saturated heterocycles. The van der Waals surface area contributed by atoms with Gasteiger partial charge in [-0.3, -0.25) is 4.68 Å². The predicted molar refractivity (Wildman–Crippen MR) is 65.7 cm³/mol. The number of nitrogens with zero attached hydrogens (tertiary/aromatic N) is 2. The zero-order valence-corrected chi connectivity index (χ0v) is 10.9. The Hall–Kier alpha value is -0.580. The first-order chi connectivity index (χ1) is 7.63. The summed E-state index contributed by atoms with van der Waals surface area (Å²) < 4.78 is 1.91. The fourth-order valence-corrected chi connectivity index (χ4v) is 1.86. The van der Waals surface area contributed by atoms with Crippen LogP contribution in [-0.2, 0) is 19.5 Å². The van der Waals surface area contributed by atoms with Gasteiger partial charge in [0.25, 0.3) is 0 Å². The molecule has 1 aromatic rings. The van der Waals surface area contributed by atoms with Crippen molar-refractivity contribution in [3.05, 3.63) is 16.4 Å². The van der Waals surface area contributed by atoms with E-state index in [0.29, 0.717) is 6.54 Å². The van der Waals surface area contributed by atoms with Gasteiger partial charge < -0.3 is 10.4 Å². The second-order valence-corrected chi connectivity index (χ2v) is 4.22. The van der Waals surface area contributed by atoms with Crippen LogP contribution < -0.4 is 5.32 Å². The molecule has 4 nitrogen and oxygen atoms in total. The van der Waals surface area contributed by atoms with Crippen molar-refractivity contribution in [2.75, 3.05) is 6.61 Å². The summed E-state index contributed by atoms with van der Waals surface area (Å²) in [4.78, 5) is 0. The molecule has 0 aliphatic heterocycles. The van der Waals surface area contributed by atoms with E-state index >= 15 is 0 Å². The largest absolute Gasteiger partial charge is 0.395 e. The van der Waals surface area contributed by atoms with Gasteiger partial charge in [0.1, 0.15) is 0 Å². The molecule has 0 aliphatic rings. The zero-order valence-electron chi connectivity index (χ0n) is 10.1. The lowest BCUT2D eigenvalue weighted by molar-refractivity contribution is 0.250. The number of aliphatic hydroxyl groups excluding tert-OH is 1. The van der Waals surface area contributed by atoms with Gasteiger partial charge in [0, 0.05) is 19.1 Å². The van der Waals surface area contributed by atoms with Crippen molar-refractivity contribution in [1.29, 1.82) is 0 Å². The molecule has 1 unspecified atom stereocenters. The molecule has 1 heterocycles. The standard InChI is InChI=1S/C11H20ClN3O/c1-4-9-11(12)10(15(5-2)14-9)6-13-8(3)7-16/h8,13,16H,4-7H2,1-3H3. The molecule has 16 heavy (non-hydrogen) atoms. The minimum atomic E-state index is 0.0707. The SMILES string of the molecule is CCc1nn(CC)c(CNC(C)CO)c1Cl. The smallest absolute Gasteiger partial charge is 0.0863 e. The summed E-state index contributed by atoms with van der Waals surface area (Å²) in [5.74, 6) is 0. The van der Waals surface area contributed by atoms with Gasteiger partial charge in [0.05, 0.1) is 23.0 Å². The number of nitrogens with one attached hydrogen (secondary N) is 1. The van der Waals surface area contributed by atoms with Crippen molar-refractivity contribution < 1.29 is 5.11 Å². The van der Waals surface area contributed by atoms with Crippen LogP contribution in [0, 0.1) is 0 Å². The Morgan fingerprint density at radius 3 is 2.69 bits per heavy atom. The molecule has 1 rings (SSSR count). The third-order valence-electron chi connectivity index (χ3n) is 2.59. The number of rotatable bonds is 6. The van der Waals surface area contributed by atoms with E-state index in [1.807, 2.05) is 25.5 Å². The van der Waals surface area contributed by atoms with Crippen molar-refractivity contribution in [1.82, 2.24) is 15.1 Å². The van der Waals surface area contributed by atoms with Crippen LogP contribution in [0.1, 0.15) is 32.2 Å². The quantitative estimate of drug-likeness (QED) is 0.800. The highest BCUT2D eigenvalue weighted by molar-refractivity contribution is 6.31. The molecule has 0 aromatic carbocycles. The van der Waals surface area contributed by atoms with Gasteiger partial charge in [-0.05, 0) is 20.3 Å². The average molecular weight is 246 g/mol. The Balaban J connectivity index is 2.80. The topological polar surface area (TPSA) is 50.1 Å². The zero-order chi connectivity index (χ0) is 12.1. The highest BCUT2D eigenvalue weighted by Gasteiger charge is 2.14. The van der Waals surface area contributed by atoms with E-state index in [9.17, 15) is 0 Å². The van der Waals surface area contributed by atoms with Crippen LogP contribution in [0.5, 0.6) is 0 Å². The minimum Gasteiger partial charge on any atom is -0.395 e. The van der Waals surface area contributed by atoms with Gasteiger partial charge in [0.15, 0.2) is 0 Å². The summed E-state index contributed by atoms with van der Waals surface area (Å²) >= 11 is 6.25. The molecule has 1 atom stereocenters. The summed E-state index contributed by atoms with van der Waals surface area (Å²) in [5.41, 5.74) is 1.94. The van der Waals surface area contributed by atoms with E-state index in [-0.39, 0.29) is 12.6 Å². The number of hydrogen-bond acceptors (Lipinski definition) is 3. The van der Waals surface area contributed by atoms with Gasteiger partial charge in [-0.25, -0.2) is 0 Å². The predicted octanol–water partition coefficient (Wildman–Crippen LogP) is 1.59. The fraction of sp³-hybridized carbons (Fsp3) is 0.727. The van der Waals surface area contributed by atoms with Crippen molar-refractivity contribution in [2.24, 2.45) is 0 Å². The average Bonchev–Trinajstić information content (AvgIpc) is 2.62. The first kappa shape index (κ1) is 13.5. The van der Waals surface area contributed by atoms with Crippen molar-refractivity contribution in [3.8, 4) is 0 Å². The highest BCUT2D eigenvalue weighted by Crippen LogP contribution is 2.21. The van der Waals surface area contributed by atoms with Crippen LogP contribution in [-0.4, -0.2) is 27.5 Å². The van der Waals surface area contributed by atoms with Gasteiger partial charge >= 0.3 is 0 Å². The molecule has 0 saturated carbocycles. The Morgan fingerprint density at radius 2 is 2.19 bits per heavy atom. The van der Waals surface area contributed by atoms with Crippen LogP contribution in [0.15, 0.2) is 0 Å². The maximum absolute atomic E-state index is 8.94. The first-order valence-corrected chi connectivity index (χ1v) is 6.10. The monoisotopic (exact) mass is 245 g/mol. The van der Waals surface area contributed by atoms with Gasteiger partial charge in [0.2, 0.25) is 0 Å². The van der Waals surface area contributed by atoms with Crippen molar-refractivity contribution in [2.45, 2.75) is 46.3 Å². The molecule has 0 aliphatic carbocycles. The molecule has 2 N–H and O–H groups in total. The van der Waals surface area contributed by atoms with Gasteiger partial charge in [-0.15, -0.1) is 0 Å². The highest BCUT2D eigenvalue weighted by atomic mass is 35.5. The lowest BCUT2D eigenvalue weighted by atomic mass is 10.3. The normalized spacial score (nSPS) is 13.1. The summed E-state index contributed by atoms with van der Waals surface area (Å²) in [7, 11) is 0. The third-order valence-corrected chi connectivity index (χ3v) is 3.02. The third kappa shape index (κ3) is 2.97. The first-order valence-electron chi connectivity index (χ1n) is 5.72. The maximum Gasteiger partial charge on any atom is 0.0863 e. The Kier molecular flexibility index (Phi) is 5.25. The van der Waals surface area contributed by atoms with E-state index in [4.69, 9.17) is 16.7 Å². The van der Waals surface area contributed by atoms with Crippen LogP contribution in [0.2, 0.25) is 5.02 Å². The summed E-state index contributed by atoms with van der Waals surface area (Å²) in [6.45, 7) is 7.59. The molecular weight excluding hydrogens is 226 g/mol. The fourth-order valence-electron chi connectivity index (χ4n) is 1.52. The minimum absolute atomic E-state index is 0.0707. The molecular formula is C11H20ClN3O. The number of aromatic nitrogens is 2. The van der Waals surface area contributed by atoms with Crippen LogP contribution >= 0.6 is 11.6 Å². The van der Waals surface area contributed by atoms with Crippen LogP contribution in [0.3, 0.4) is 0 Å². The molecule has 1 aromatic heterocycles. The number of halogens is 1. The van der Waals surface area contributed by atoms with Crippen molar-refractivity contribution in [3.63, 3.8) is 0 Å². The van der Waals surface area contributed by atoms with E-state index in [2.05, 4.69) is 10.4 Å². The lowest BCUT2D eigenvalue weighted by Crippen LogP contribution is -2.29. The number of aryl methyl sites for hydroxylation is 2. The molecule has 0 amide bonds. The Labute approximate surface area is 102 Å². The van der Waals surface area contributed by atoms with Gasteiger partial charge in [-0.1, -0.05) is 18.5 Å². The lowest BCUT2D eigenvalue weighted by Gasteiger charge is -2.11. The summed E-state index contributed by atoms with van der Waals surface area (Å²) in [6, 6.07) is 0.0707. The number of aliphatic hydroxyl groups is 1.